The van der Waals surface area contributed by atoms with Crippen LogP contribution in [0.2, 0.25) is 0 Å². The molecule has 114 valence electrons. The van der Waals surface area contributed by atoms with Gasteiger partial charge in [-0.1, -0.05) is 65.8 Å². The van der Waals surface area contributed by atoms with Gasteiger partial charge < -0.3 is 4.84 Å². The van der Waals surface area contributed by atoms with Gasteiger partial charge in [0.1, 0.15) is 13.7 Å². The molecule has 0 saturated carbocycles. The number of aromatic nitrogens is 1. The smallest absolute Gasteiger partial charge is 0.234 e. The summed E-state index contributed by atoms with van der Waals surface area (Å²) >= 11 is 0. The molecule has 0 atom stereocenters. The minimum atomic E-state index is 0.452. The monoisotopic (exact) mass is 303 g/mol. The lowest BCUT2D eigenvalue weighted by atomic mass is 10.1. The van der Waals surface area contributed by atoms with Crippen molar-refractivity contribution < 1.29 is 9.40 Å². The summed E-state index contributed by atoms with van der Waals surface area (Å²) < 4.78 is 2.04. The molecule has 0 saturated heterocycles. The molecule has 1 aromatic heterocycles. The summed E-state index contributed by atoms with van der Waals surface area (Å²) in [5, 5.41) is 4.42. The van der Waals surface area contributed by atoms with Gasteiger partial charge in [-0.25, -0.2) is 0 Å². The number of hydrogen-bond acceptors (Lipinski definition) is 2. The topological polar surface area (TPSA) is 25.5 Å². The predicted octanol–water partition coefficient (Wildman–Crippen LogP) is 3.48. The second-order valence-corrected chi connectivity index (χ2v) is 5.26. The summed E-state index contributed by atoms with van der Waals surface area (Å²) in [6.45, 7) is 0.452. The molecular formula is C20H19N2O+. The van der Waals surface area contributed by atoms with E-state index in [1.54, 1.807) is 0 Å². The van der Waals surface area contributed by atoms with Gasteiger partial charge in [0.2, 0.25) is 5.69 Å². The molecule has 3 rings (SSSR count). The number of hydrogen-bond donors (Lipinski definition) is 0. The van der Waals surface area contributed by atoms with Gasteiger partial charge in [0, 0.05) is 17.7 Å². The van der Waals surface area contributed by atoms with Crippen molar-refractivity contribution in [1.29, 1.82) is 0 Å². The summed E-state index contributed by atoms with van der Waals surface area (Å²) in [7, 11) is 2.00. The molecule has 3 heteroatoms. The quantitative estimate of drug-likeness (QED) is 0.402. The van der Waals surface area contributed by atoms with Gasteiger partial charge in [-0.2, -0.15) is 4.57 Å². The molecule has 0 spiro atoms. The number of nitrogens with zero attached hydrogens (tertiary/aromatic N) is 2. The SMILES string of the molecule is C[n+]1ccccc1C(=NOCc1ccccc1)c1ccccc1. The summed E-state index contributed by atoms with van der Waals surface area (Å²) in [4.78, 5) is 5.62. The van der Waals surface area contributed by atoms with Gasteiger partial charge in [-0.05, 0) is 11.6 Å². The molecule has 3 aromatic rings. The predicted molar refractivity (Wildman–Crippen MR) is 90.9 cm³/mol. The highest BCUT2D eigenvalue weighted by atomic mass is 16.6. The maximum Gasteiger partial charge on any atom is 0.234 e. The van der Waals surface area contributed by atoms with Crippen LogP contribution in [0.5, 0.6) is 0 Å². The van der Waals surface area contributed by atoms with Crippen molar-refractivity contribution in [1.82, 2.24) is 0 Å². The highest BCUT2D eigenvalue weighted by Gasteiger charge is 2.16. The van der Waals surface area contributed by atoms with Gasteiger partial charge in [-0.3, -0.25) is 0 Å². The summed E-state index contributed by atoms with van der Waals surface area (Å²) in [5.74, 6) is 0. The van der Waals surface area contributed by atoms with Gasteiger partial charge in [0.25, 0.3) is 0 Å². The van der Waals surface area contributed by atoms with Crippen LogP contribution in [-0.4, -0.2) is 5.71 Å². The Morgan fingerprint density at radius 2 is 1.52 bits per heavy atom. The van der Waals surface area contributed by atoms with Gasteiger partial charge >= 0.3 is 0 Å². The molecule has 23 heavy (non-hydrogen) atoms. The third-order valence-electron chi connectivity index (χ3n) is 3.57. The van der Waals surface area contributed by atoms with Crippen LogP contribution >= 0.6 is 0 Å². The van der Waals surface area contributed by atoms with Crippen LogP contribution in [0.25, 0.3) is 0 Å². The molecule has 0 bridgehead atoms. The summed E-state index contributed by atoms with van der Waals surface area (Å²) in [6.07, 6.45) is 2.00. The zero-order chi connectivity index (χ0) is 15.9. The van der Waals surface area contributed by atoms with Crippen LogP contribution < -0.4 is 4.57 Å². The van der Waals surface area contributed by atoms with E-state index in [2.05, 4.69) is 5.16 Å². The first-order valence-electron chi connectivity index (χ1n) is 7.59. The first-order valence-corrected chi connectivity index (χ1v) is 7.59. The average Bonchev–Trinajstić information content (AvgIpc) is 2.61. The van der Waals surface area contributed by atoms with Gasteiger partial charge in [-0.15, -0.1) is 0 Å². The molecule has 0 radical (unpaired) electrons. The Bertz CT molecular complexity index is 783. The van der Waals surface area contributed by atoms with E-state index in [9.17, 15) is 0 Å². The van der Waals surface area contributed by atoms with Crippen molar-refractivity contribution in [3.05, 3.63) is 102 Å². The Labute approximate surface area is 136 Å². The maximum atomic E-state index is 5.62. The Hall–Kier alpha value is -2.94. The zero-order valence-electron chi connectivity index (χ0n) is 13.1. The van der Waals surface area contributed by atoms with Crippen molar-refractivity contribution >= 4 is 5.71 Å². The standard InChI is InChI=1S/C20H19N2O/c1-22-15-9-8-14-19(22)20(18-12-6-3-7-13-18)21-23-16-17-10-4-2-5-11-17/h2-15H,16H2,1H3/q+1. The van der Waals surface area contributed by atoms with E-state index in [0.29, 0.717) is 6.61 Å². The maximum absolute atomic E-state index is 5.62. The number of aryl methyl sites for hydroxylation is 1. The van der Waals surface area contributed by atoms with Crippen molar-refractivity contribution in [2.24, 2.45) is 12.2 Å². The second-order valence-electron chi connectivity index (χ2n) is 5.26. The van der Waals surface area contributed by atoms with Crippen LogP contribution in [0, 0.1) is 0 Å². The van der Waals surface area contributed by atoms with Gasteiger partial charge in [0.05, 0.1) is 0 Å². The molecule has 2 aromatic carbocycles. The normalized spacial score (nSPS) is 11.3. The largest absolute Gasteiger partial charge is 0.390 e. The van der Waals surface area contributed by atoms with Crippen LogP contribution in [0.4, 0.5) is 0 Å². The minimum Gasteiger partial charge on any atom is -0.390 e. The van der Waals surface area contributed by atoms with Crippen molar-refractivity contribution in [3.63, 3.8) is 0 Å². The van der Waals surface area contributed by atoms with Crippen LogP contribution in [-0.2, 0) is 18.5 Å². The molecular weight excluding hydrogens is 284 g/mol. The second kappa shape index (κ2) is 7.36. The van der Waals surface area contributed by atoms with E-state index in [-0.39, 0.29) is 0 Å². The third kappa shape index (κ3) is 3.83. The van der Waals surface area contributed by atoms with E-state index >= 15 is 0 Å². The molecule has 1 heterocycles. The van der Waals surface area contributed by atoms with E-state index in [0.717, 1.165) is 22.5 Å². The lowest BCUT2D eigenvalue weighted by Gasteiger charge is -2.06. The van der Waals surface area contributed by atoms with E-state index in [1.165, 1.54) is 0 Å². The Morgan fingerprint density at radius 3 is 2.22 bits per heavy atom. The Morgan fingerprint density at radius 1 is 0.870 bits per heavy atom. The van der Waals surface area contributed by atoms with Crippen molar-refractivity contribution in [2.45, 2.75) is 6.61 Å². The van der Waals surface area contributed by atoms with Gasteiger partial charge in [0.15, 0.2) is 11.9 Å². The fraction of sp³-hybridized carbons (Fsp3) is 0.100. The molecule has 0 unspecified atom stereocenters. The highest BCUT2D eigenvalue weighted by Crippen LogP contribution is 2.09. The molecule has 0 aliphatic carbocycles. The molecule has 0 fully saturated rings. The molecule has 0 amide bonds. The molecule has 3 nitrogen and oxygen atoms in total. The first-order chi connectivity index (χ1) is 11.3. The molecule has 0 N–H and O–H groups in total. The lowest BCUT2D eigenvalue weighted by molar-refractivity contribution is -0.672. The fourth-order valence-corrected chi connectivity index (χ4v) is 2.36. The average molecular weight is 303 g/mol. The van der Waals surface area contributed by atoms with Crippen LogP contribution in [0.1, 0.15) is 16.8 Å². The van der Waals surface area contributed by atoms with Crippen molar-refractivity contribution in [2.75, 3.05) is 0 Å². The minimum absolute atomic E-state index is 0.452. The summed E-state index contributed by atoms with van der Waals surface area (Å²) in [6, 6.07) is 26.2. The number of rotatable bonds is 5. The fourth-order valence-electron chi connectivity index (χ4n) is 2.36. The number of oxime groups is 1. The number of benzene rings is 2. The summed E-state index contributed by atoms with van der Waals surface area (Å²) in [5.41, 5.74) is 3.96. The van der Waals surface area contributed by atoms with E-state index in [4.69, 9.17) is 4.84 Å². The van der Waals surface area contributed by atoms with E-state index in [1.807, 2.05) is 96.7 Å². The zero-order valence-corrected chi connectivity index (χ0v) is 13.1. The molecule has 0 aliphatic heterocycles. The first kappa shape index (κ1) is 15.0. The van der Waals surface area contributed by atoms with Crippen molar-refractivity contribution in [3.8, 4) is 0 Å². The Kier molecular flexibility index (Phi) is 4.79. The Balaban J connectivity index is 1.89. The van der Waals surface area contributed by atoms with Crippen LogP contribution in [0.15, 0.2) is 90.2 Å². The third-order valence-corrected chi connectivity index (χ3v) is 3.57. The van der Waals surface area contributed by atoms with E-state index < -0.39 is 0 Å². The van der Waals surface area contributed by atoms with Crippen LogP contribution in [0.3, 0.4) is 0 Å². The highest BCUT2D eigenvalue weighted by molar-refractivity contribution is 6.10. The molecule has 0 aliphatic rings. The number of pyridine rings is 1. The lowest BCUT2D eigenvalue weighted by Crippen LogP contribution is -2.36.